The number of aryl methyl sites for hydroxylation is 1. The van der Waals surface area contributed by atoms with E-state index in [-0.39, 0.29) is 0 Å². The van der Waals surface area contributed by atoms with Crippen LogP contribution in [0.4, 0.5) is 4.79 Å². The Balaban J connectivity index is 2.31. The van der Waals surface area contributed by atoms with Crippen molar-refractivity contribution in [2.24, 2.45) is 5.92 Å². The van der Waals surface area contributed by atoms with E-state index in [2.05, 4.69) is 13.5 Å². The zero-order chi connectivity index (χ0) is 19.6. The van der Waals surface area contributed by atoms with Gasteiger partial charge in [0.1, 0.15) is 11.5 Å². The van der Waals surface area contributed by atoms with Crippen LogP contribution in [0.15, 0.2) is 30.9 Å². The van der Waals surface area contributed by atoms with E-state index in [9.17, 15) is 9.59 Å². The standard InChI is InChI=1S/C22H24O5/c1-5-14-8-10-16-18(12-14)20(26-19(23)6-2)15-9-7-13(3)11-17(15)21(16)27-22(24)25-4/h6-7,9,11,14H,2,5,8,10,12H2,1,3-4H3. The molecule has 0 heterocycles. The van der Waals surface area contributed by atoms with E-state index in [0.29, 0.717) is 17.4 Å². The summed E-state index contributed by atoms with van der Waals surface area (Å²) in [5.41, 5.74) is 2.86. The number of carbonyl (C=O) groups excluding carboxylic acids is 2. The van der Waals surface area contributed by atoms with Crippen LogP contribution in [0.1, 0.15) is 36.5 Å². The van der Waals surface area contributed by atoms with Crippen molar-refractivity contribution < 1.29 is 23.8 Å². The maximum atomic E-state index is 12.0. The van der Waals surface area contributed by atoms with Crippen molar-refractivity contribution in [2.75, 3.05) is 7.11 Å². The number of esters is 1. The molecular formula is C22H24O5. The van der Waals surface area contributed by atoms with Crippen molar-refractivity contribution in [3.8, 4) is 11.5 Å². The van der Waals surface area contributed by atoms with Gasteiger partial charge in [0.05, 0.1) is 7.11 Å². The van der Waals surface area contributed by atoms with Gasteiger partial charge in [0, 0.05) is 28.0 Å². The molecule has 0 bridgehead atoms. The van der Waals surface area contributed by atoms with Gasteiger partial charge in [-0.1, -0.05) is 37.6 Å². The number of ether oxygens (including phenoxy) is 3. The highest BCUT2D eigenvalue weighted by molar-refractivity contribution is 5.99. The van der Waals surface area contributed by atoms with Crippen LogP contribution in [-0.2, 0) is 22.4 Å². The normalized spacial score (nSPS) is 15.7. The molecule has 3 rings (SSSR count). The second-order valence-corrected chi connectivity index (χ2v) is 6.86. The number of carbonyl (C=O) groups is 2. The Bertz CT molecular complexity index is 913. The molecule has 5 nitrogen and oxygen atoms in total. The van der Waals surface area contributed by atoms with Crippen LogP contribution in [-0.4, -0.2) is 19.2 Å². The van der Waals surface area contributed by atoms with Crippen LogP contribution < -0.4 is 9.47 Å². The largest absolute Gasteiger partial charge is 0.513 e. The SMILES string of the molecule is C=CC(=O)Oc1c2c(c(OC(=O)OC)c3cc(C)ccc13)CCC(CC)C2. The molecule has 1 unspecified atom stereocenters. The van der Waals surface area contributed by atoms with Gasteiger partial charge >= 0.3 is 12.1 Å². The molecule has 1 aliphatic carbocycles. The summed E-state index contributed by atoms with van der Waals surface area (Å²) in [7, 11) is 1.29. The number of benzene rings is 2. The van der Waals surface area contributed by atoms with E-state index in [0.717, 1.165) is 59.2 Å². The number of hydrogen-bond donors (Lipinski definition) is 0. The minimum absolute atomic E-state index is 0.493. The Kier molecular flexibility index (Phi) is 5.49. The van der Waals surface area contributed by atoms with E-state index in [4.69, 9.17) is 14.2 Å². The van der Waals surface area contributed by atoms with Crippen molar-refractivity contribution in [3.05, 3.63) is 47.5 Å². The molecule has 0 saturated heterocycles. The van der Waals surface area contributed by atoms with Gasteiger partial charge in [-0.05, 0) is 38.2 Å². The van der Waals surface area contributed by atoms with Gasteiger partial charge in [-0.25, -0.2) is 9.59 Å². The van der Waals surface area contributed by atoms with Gasteiger partial charge in [0.25, 0.3) is 0 Å². The third kappa shape index (κ3) is 3.68. The van der Waals surface area contributed by atoms with Gasteiger partial charge in [0.2, 0.25) is 0 Å². The summed E-state index contributed by atoms with van der Waals surface area (Å²) in [4.78, 5) is 23.9. The van der Waals surface area contributed by atoms with Crippen molar-refractivity contribution in [3.63, 3.8) is 0 Å². The zero-order valence-corrected chi connectivity index (χ0v) is 16.0. The molecule has 0 aliphatic heterocycles. The number of hydrogen-bond acceptors (Lipinski definition) is 5. The number of rotatable bonds is 4. The Morgan fingerprint density at radius 2 is 1.93 bits per heavy atom. The van der Waals surface area contributed by atoms with E-state index in [1.165, 1.54) is 7.11 Å². The quantitative estimate of drug-likeness (QED) is 0.332. The Morgan fingerprint density at radius 1 is 1.19 bits per heavy atom. The molecule has 142 valence electrons. The summed E-state index contributed by atoms with van der Waals surface area (Å²) in [6, 6.07) is 5.78. The lowest BCUT2D eigenvalue weighted by Crippen LogP contribution is -2.19. The molecule has 0 amide bonds. The lowest BCUT2D eigenvalue weighted by molar-refractivity contribution is -0.128. The van der Waals surface area contributed by atoms with Crippen LogP contribution in [0.5, 0.6) is 11.5 Å². The van der Waals surface area contributed by atoms with Gasteiger partial charge in [0.15, 0.2) is 0 Å². The number of fused-ring (bicyclic) bond motifs is 2. The molecule has 1 aliphatic rings. The first-order chi connectivity index (χ1) is 13.0. The Hall–Kier alpha value is -2.82. The van der Waals surface area contributed by atoms with E-state index in [1.807, 2.05) is 25.1 Å². The fraction of sp³-hybridized carbons (Fsp3) is 0.364. The molecular weight excluding hydrogens is 344 g/mol. The third-order valence-corrected chi connectivity index (χ3v) is 5.17. The predicted molar refractivity (Wildman–Crippen MR) is 103 cm³/mol. The minimum atomic E-state index is -0.756. The predicted octanol–water partition coefficient (Wildman–Crippen LogP) is 4.90. The molecule has 27 heavy (non-hydrogen) atoms. The van der Waals surface area contributed by atoms with Crippen LogP contribution in [0.3, 0.4) is 0 Å². The van der Waals surface area contributed by atoms with Gasteiger partial charge in [-0.2, -0.15) is 0 Å². The Morgan fingerprint density at radius 3 is 2.59 bits per heavy atom. The first-order valence-electron chi connectivity index (χ1n) is 9.16. The highest BCUT2D eigenvalue weighted by atomic mass is 16.7. The average molecular weight is 368 g/mol. The first-order valence-corrected chi connectivity index (χ1v) is 9.16. The fourth-order valence-electron chi connectivity index (χ4n) is 3.71. The zero-order valence-electron chi connectivity index (χ0n) is 16.0. The second-order valence-electron chi connectivity index (χ2n) is 6.86. The van der Waals surface area contributed by atoms with Crippen molar-refractivity contribution >= 4 is 22.9 Å². The topological polar surface area (TPSA) is 61.8 Å². The van der Waals surface area contributed by atoms with Gasteiger partial charge in [-0.15, -0.1) is 0 Å². The van der Waals surface area contributed by atoms with E-state index >= 15 is 0 Å². The van der Waals surface area contributed by atoms with Gasteiger partial charge in [-0.3, -0.25) is 0 Å². The van der Waals surface area contributed by atoms with Crippen LogP contribution in [0.2, 0.25) is 0 Å². The van der Waals surface area contributed by atoms with Crippen LogP contribution in [0.25, 0.3) is 10.8 Å². The highest BCUT2D eigenvalue weighted by Crippen LogP contribution is 2.46. The third-order valence-electron chi connectivity index (χ3n) is 5.17. The van der Waals surface area contributed by atoms with E-state index < -0.39 is 12.1 Å². The summed E-state index contributed by atoms with van der Waals surface area (Å²) in [5.74, 6) is 1.04. The van der Waals surface area contributed by atoms with Crippen molar-refractivity contribution in [1.82, 2.24) is 0 Å². The molecule has 1 atom stereocenters. The molecule has 0 radical (unpaired) electrons. The second kappa shape index (κ2) is 7.82. The molecule has 2 aromatic rings. The van der Waals surface area contributed by atoms with Crippen LogP contribution in [0, 0.1) is 12.8 Å². The maximum absolute atomic E-state index is 12.0. The molecule has 0 fully saturated rings. The highest BCUT2D eigenvalue weighted by Gasteiger charge is 2.29. The molecule has 5 heteroatoms. The summed E-state index contributed by atoms with van der Waals surface area (Å²) in [6.45, 7) is 7.62. The van der Waals surface area contributed by atoms with Crippen LogP contribution >= 0.6 is 0 Å². The average Bonchev–Trinajstić information content (AvgIpc) is 2.69. The van der Waals surface area contributed by atoms with Gasteiger partial charge < -0.3 is 14.2 Å². The lowest BCUT2D eigenvalue weighted by atomic mass is 9.80. The minimum Gasteiger partial charge on any atom is -0.437 e. The molecule has 0 spiro atoms. The van der Waals surface area contributed by atoms with E-state index in [1.54, 1.807) is 0 Å². The molecule has 2 aromatic carbocycles. The lowest BCUT2D eigenvalue weighted by Gasteiger charge is -2.28. The maximum Gasteiger partial charge on any atom is 0.513 e. The summed E-state index contributed by atoms with van der Waals surface area (Å²) < 4.78 is 15.9. The molecule has 0 N–H and O–H groups in total. The summed E-state index contributed by atoms with van der Waals surface area (Å²) >= 11 is 0. The fourth-order valence-corrected chi connectivity index (χ4v) is 3.71. The first kappa shape index (κ1) is 19.0. The number of methoxy groups -OCH3 is 1. The summed E-state index contributed by atoms with van der Waals surface area (Å²) in [6.07, 6.45) is 3.95. The van der Waals surface area contributed by atoms with Crippen molar-refractivity contribution in [1.29, 1.82) is 0 Å². The Labute approximate surface area is 158 Å². The smallest absolute Gasteiger partial charge is 0.437 e. The molecule has 0 aromatic heterocycles. The molecule has 0 saturated carbocycles. The summed E-state index contributed by atoms with van der Waals surface area (Å²) in [5, 5.41) is 1.48. The monoisotopic (exact) mass is 368 g/mol. The van der Waals surface area contributed by atoms with Crippen molar-refractivity contribution in [2.45, 2.75) is 39.5 Å².